The molecule has 0 amide bonds. The Hall–Kier alpha value is -3.09. The summed E-state index contributed by atoms with van der Waals surface area (Å²) in [4.78, 5) is 4.69. The van der Waals surface area contributed by atoms with Gasteiger partial charge >= 0.3 is 7.60 Å². The Balaban J connectivity index is 1.72. The predicted octanol–water partition coefficient (Wildman–Crippen LogP) is 6.51. The summed E-state index contributed by atoms with van der Waals surface area (Å²) in [6.45, 7) is 4.18. The Morgan fingerprint density at radius 1 is 0.897 bits per heavy atom. The van der Waals surface area contributed by atoms with E-state index in [1.54, 1.807) is 0 Å². The molecule has 0 spiro atoms. The van der Waals surface area contributed by atoms with Gasteiger partial charge < -0.3 is 14.2 Å². The minimum atomic E-state index is -3.42. The summed E-state index contributed by atoms with van der Waals surface area (Å²) in [5, 5.41) is 17.1. The van der Waals surface area contributed by atoms with Crippen LogP contribution in [0.2, 0.25) is 0 Å². The third kappa shape index (κ3) is 5.01. The van der Waals surface area contributed by atoms with Crippen LogP contribution in [0.1, 0.15) is 62.0 Å². The van der Waals surface area contributed by atoms with E-state index in [0.717, 1.165) is 16.7 Å². The molecule has 1 aromatic heterocycles. The van der Waals surface area contributed by atoms with E-state index in [-0.39, 0.29) is 19.6 Å². The standard InChI is InChI=1S/C31H36N3O4P/c1-3-37-39(36,38-4-2)28-21-14-22-30(35,23-28)29-32-24-33-34(29)31(25-15-8-5-9-16-25,26-17-10-6-11-18-26)27-19-12-7-13-20-27/h5-13,15-20,24,28,35H,3-4,14,21-23H2,1-2H3/t28-,30+/m0/s1. The van der Waals surface area contributed by atoms with Crippen LogP contribution in [0.4, 0.5) is 0 Å². The SMILES string of the molecule is CCOP(=O)(OCC)[C@H]1CCC[C@](O)(c2ncnn2C(c2ccccc2)(c2ccccc2)c2ccccc2)C1. The van der Waals surface area contributed by atoms with Crippen molar-refractivity contribution in [3.05, 3.63) is 120 Å². The van der Waals surface area contributed by atoms with Gasteiger partial charge in [-0.25, -0.2) is 9.67 Å². The third-order valence-corrected chi connectivity index (χ3v) is 10.2. The van der Waals surface area contributed by atoms with E-state index >= 15 is 0 Å². The lowest BCUT2D eigenvalue weighted by Gasteiger charge is -2.42. The van der Waals surface area contributed by atoms with Crippen molar-refractivity contribution in [2.24, 2.45) is 0 Å². The molecule has 1 aliphatic carbocycles. The van der Waals surface area contributed by atoms with Crippen molar-refractivity contribution in [1.29, 1.82) is 0 Å². The molecule has 1 heterocycles. The van der Waals surface area contributed by atoms with Crippen LogP contribution in [0, 0.1) is 0 Å². The van der Waals surface area contributed by atoms with Crippen molar-refractivity contribution < 1.29 is 18.7 Å². The average molecular weight is 546 g/mol. The number of aromatic nitrogens is 3. The van der Waals surface area contributed by atoms with Crippen molar-refractivity contribution in [3.63, 3.8) is 0 Å². The fraction of sp³-hybridized carbons (Fsp3) is 0.355. The van der Waals surface area contributed by atoms with Crippen LogP contribution in [-0.2, 0) is 24.8 Å². The van der Waals surface area contributed by atoms with Crippen LogP contribution in [0.15, 0.2) is 97.3 Å². The lowest BCUT2D eigenvalue weighted by Crippen LogP contribution is -2.45. The first kappa shape index (κ1) is 27.5. The highest BCUT2D eigenvalue weighted by molar-refractivity contribution is 7.54. The Kier molecular flexibility index (Phi) is 8.15. The van der Waals surface area contributed by atoms with E-state index in [0.29, 0.717) is 25.1 Å². The Labute approximate surface area is 230 Å². The Bertz CT molecular complexity index is 1290. The number of aliphatic hydroxyl groups is 1. The first-order chi connectivity index (χ1) is 19.0. The summed E-state index contributed by atoms with van der Waals surface area (Å²) >= 11 is 0. The number of hydrogen-bond donors (Lipinski definition) is 1. The average Bonchev–Trinajstić information content (AvgIpc) is 3.47. The van der Waals surface area contributed by atoms with E-state index < -0.39 is 24.4 Å². The quantitative estimate of drug-likeness (QED) is 0.181. The van der Waals surface area contributed by atoms with E-state index in [4.69, 9.17) is 19.1 Å². The number of hydrogen-bond acceptors (Lipinski definition) is 6. The van der Waals surface area contributed by atoms with Crippen LogP contribution in [0.3, 0.4) is 0 Å². The fourth-order valence-electron chi connectivity index (χ4n) is 6.01. The molecule has 0 unspecified atom stereocenters. The first-order valence-corrected chi connectivity index (χ1v) is 15.3. The third-order valence-electron chi connectivity index (χ3n) is 7.62. The van der Waals surface area contributed by atoms with Gasteiger partial charge in [0.25, 0.3) is 0 Å². The Morgan fingerprint density at radius 2 is 1.38 bits per heavy atom. The molecule has 8 heteroatoms. The van der Waals surface area contributed by atoms with Crippen LogP contribution in [0.25, 0.3) is 0 Å². The highest BCUT2D eigenvalue weighted by Crippen LogP contribution is 2.60. The second-order valence-electron chi connectivity index (χ2n) is 9.96. The molecule has 39 heavy (non-hydrogen) atoms. The molecule has 0 aliphatic heterocycles. The summed E-state index contributed by atoms with van der Waals surface area (Å²) in [5.74, 6) is 0.434. The van der Waals surface area contributed by atoms with E-state index in [9.17, 15) is 9.67 Å². The molecule has 3 aromatic carbocycles. The molecule has 204 valence electrons. The summed E-state index contributed by atoms with van der Waals surface area (Å²) < 4.78 is 27.0. The van der Waals surface area contributed by atoms with Gasteiger partial charge in [-0.05, 0) is 56.2 Å². The van der Waals surface area contributed by atoms with Crippen molar-refractivity contribution >= 4 is 7.60 Å². The van der Waals surface area contributed by atoms with Crippen LogP contribution >= 0.6 is 7.60 Å². The normalized spacial score (nSPS) is 20.1. The van der Waals surface area contributed by atoms with E-state index in [1.165, 1.54) is 6.33 Å². The minimum absolute atomic E-state index is 0.206. The number of rotatable bonds is 10. The van der Waals surface area contributed by atoms with Gasteiger partial charge in [-0.15, -0.1) is 0 Å². The van der Waals surface area contributed by atoms with Gasteiger partial charge in [0.15, 0.2) is 5.82 Å². The van der Waals surface area contributed by atoms with Crippen molar-refractivity contribution in [3.8, 4) is 0 Å². The molecule has 4 aromatic rings. The van der Waals surface area contributed by atoms with E-state index in [2.05, 4.69) is 36.4 Å². The summed E-state index contributed by atoms with van der Waals surface area (Å²) in [6, 6.07) is 30.5. The zero-order valence-electron chi connectivity index (χ0n) is 22.5. The molecular weight excluding hydrogens is 509 g/mol. The smallest absolute Gasteiger partial charge is 0.333 e. The lowest BCUT2D eigenvalue weighted by atomic mass is 9.76. The molecule has 1 N–H and O–H groups in total. The number of nitrogens with zero attached hydrogens (tertiary/aromatic N) is 3. The first-order valence-electron chi connectivity index (χ1n) is 13.7. The second-order valence-corrected chi connectivity index (χ2v) is 12.3. The van der Waals surface area contributed by atoms with Crippen LogP contribution in [0.5, 0.6) is 0 Å². The lowest BCUT2D eigenvalue weighted by molar-refractivity contribution is -0.0168. The topological polar surface area (TPSA) is 86.5 Å². The summed E-state index contributed by atoms with van der Waals surface area (Å²) in [5.41, 5.74) is 0.216. The minimum Gasteiger partial charge on any atom is -0.382 e. The van der Waals surface area contributed by atoms with Crippen LogP contribution < -0.4 is 0 Å². The van der Waals surface area contributed by atoms with Gasteiger partial charge in [0.2, 0.25) is 0 Å². The zero-order valence-corrected chi connectivity index (χ0v) is 23.4. The number of benzene rings is 3. The predicted molar refractivity (Wildman–Crippen MR) is 152 cm³/mol. The highest BCUT2D eigenvalue weighted by Gasteiger charge is 2.50. The molecule has 0 radical (unpaired) electrons. The monoisotopic (exact) mass is 545 g/mol. The molecule has 0 bridgehead atoms. The molecule has 2 atom stereocenters. The maximum Gasteiger partial charge on any atom is 0.333 e. The van der Waals surface area contributed by atoms with Crippen molar-refractivity contribution in [1.82, 2.24) is 14.8 Å². The van der Waals surface area contributed by atoms with E-state index in [1.807, 2.05) is 73.1 Å². The molecule has 0 saturated heterocycles. The van der Waals surface area contributed by atoms with Gasteiger partial charge in [0, 0.05) is 0 Å². The zero-order chi connectivity index (χ0) is 27.3. The maximum absolute atomic E-state index is 13.8. The molecule has 1 saturated carbocycles. The van der Waals surface area contributed by atoms with Gasteiger partial charge in [-0.3, -0.25) is 4.57 Å². The fourth-order valence-corrected chi connectivity index (χ4v) is 8.25. The summed E-state index contributed by atoms with van der Waals surface area (Å²) in [6.07, 6.45) is 3.49. The van der Waals surface area contributed by atoms with Gasteiger partial charge in [-0.2, -0.15) is 5.10 Å². The van der Waals surface area contributed by atoms with Crippen LogP contribution in [-0.4, -0.2) is 38.7 Å². The highest BCUT2D eigenvalue weighted by atomic mass is 31.2. The maximum atomic E-state index is 13.8. The molecule has 1 aliphatic rings. The summed E-state index contributed by atoms with van der Waals surface area (Å²) in [7, 11) is -3.42. The Morgan fingerprint density at radius 3 is 1.85 bits per heavy atom. The van der Waals surface area contributed by atoms with Crippen molar-refractivity contribution in [2.75, 3.05) is 13.2 Å². The molecule has 5 rings (SSSR count). The largest absolute Gasteiger partial charge is 0.382 e. The van der Waals surface area contributed by atoms with Crippen molar-refractivity contribution in [2.45, 2.75) is 56.3 Å². The second kappa shape index (κ2) is 11.6. The molecule has 7 nitrogen and oxygen atoms in total. The molecule has 1 fully saturated rings. The van der Waals surface area contributed by atoms with Gasteiger partial charge in [0.1, 0.15) is 17.5 Å². The van der Waals surface area contributed by atoms with Gasteiger partial charge in [0.05, 0.1) is 18.9 Å². The molecular formula is C31H36N3O4P. The van der Waals surface area contributed by atoms with Gasteiger partial charge in [-0.1, -0.05) is 91.0 Å².